The zero-order chi connectivity index (χ0) is 14.7. The number of hydrogen-bond acceptors (Lipinski definition) is 2. The van der Waals surface area contributed by atoms with E-state index < -0.39 is 0 Å². The van der Waals surface area contributed by atoms with E-state index in [1.54, 1.807) is 11.8 Å². The first-order chi connectivity index (χ1) is 10.2. The first-order valence-corrected chi connectivity index (χ1v) is 8.37. The number of nitrogens with zero attached hydrogens (tertiary/aromatic N) is 1. The van der Waals surface area contributed by atoms with Crippen LogP contribution in [0.2, 0.25) is 5.02 Å². The Balaban J connectivity index is 1.76. The molecule has 4 heteroatoms. The SMILES string of the molecule is O=C(Cc1ccccc1)N1CCSC1c1cccc(Cl)c1. The van der Waals surface area contributed by atoms with Crippen molar-refractivity contribution in [2.75, 3.05) is 12.3 Å². The molecular formula is C17H16ClNOS. The summed E-state index contributed by atoms with van der Waals surface area (Å²) in [7, 11) is 0. The van der Waals surface area contributed by atoms with Gasteiger partial charge in [-0.05, 0) is 23.3 Å². The normalized spacial score (nSPS) is 18.0. The molecule has 0 spiro atoms. The third-order valence-electron chi connectivity index (χ3n) is 3.54. The van der Waals surface area contributed by atoms with Crippen molar-refractivity contribution in [3.8, 4) is 0 Å². The maximum atomic E-state index is 12.6. The molecule has 1 saturated heterocycles. The van der Waals surface area contributed by atoms with Crippen LogP contribution in [0.4, 0.5) is 0 Å². The smallest absolute Gasteiger partial charge is 0.228 e. The van der Waals surface area contributed by atoms with E-state index in [2.05, 4.69) is 0 Å². The number of amides is 1. The van der Waals surface area contributed by atoms with Crippen LogP contribution in [0.25, 0.3) is 0 Å². The van der Waals surface area contributed by atoms with Crippen LogP contribution in [0.5, 0.6) is 0 Å². The average Bonchev–Trinajstić information content (AvgIpc) is 2.98. The quantitative estimate of drug-likeness (QED) is 0.847. The van der Waals surface area contributed by atoms with E-state index in [0.717, 1.165) is 28.4 Å². The fourth-order valence-electron chi connectivity index (χ4n) is 2.53. The standard InChI is InChI=1S/C17H16ClNOS/c18-15-8-4-7-14(12-15)17-19(9-10-21-17)16(20)11-13-5-2-1-3-6-13/h1-8,12,17H,9-11H2. The van der Waals surface area contributed by atoms with Crippen molar-refractivity contribution in [3.05, 3.63) is 70.7 Å². The molecule has 3 rings (SSSR count). The molecular weight excluding hydrogens is 302 g/mol. The van der Waals surface area contributed by atoms with E-state index >= 15 is 0 Å². The zero-order valence-electron chi connectivity index (χ0n) is 11.5. The second-order valence-electron chi connectivity index (χ2n) is 5.03. The average molecular weight is 318 g/mol. The lowest BCUT2D eigenvalue weighted by Gasteiger charge is -2.24. The van der Waals surface area contributed by atoms with Crippen LogP contribution in [0.3, 0.4) is 0 Å². The molecule has 0 aromatic heterocycles. The maximum absolute atomic E-state index is 12.6. The van der Waals surface area contributed by atoms with Crippen molar-refractivity contribution >= 4 is 29.3 Å². The van der Waals surface area contributed by atoms with Crippen LogP contribution in [-0.2, 0) is 11.2 Å². The molecule has 1 aliphatic heterocycles. The van der Waals surface area contributed by atoms with Crippen LogP contribution >= 0.6 is 23.4 Å². The summed E-state index contributed by atoms with van der Waals surface area (Å²) in [6.45, 7) is 0.799. The van der Waals surface area contributed by atoms with E-state index in [1.807, 2.05) is 59.5 Å². The largest absolute Gasteiger partial charge is 0.325 e. The van der Waals surface area contributed by atoms with E-state index in [1.165, 1.54) is 0 Å². The molecule has 0 saturated carbocycles. The van der Waals surface area contributed by atoms with Gasteiger partial charge in [-0.3, -0.25) is 4.79 Å². The summed E-state index contributed by atoms with van der Waals surface area (Å²) in [5, 5.41) is 0.801. The number of halogens is 1. The van der Waals surface area contributed by atoms with Gasteiger partial charge in [0.1, 0.15) is 5.37 Å². The van der Waals surface area contributed by atoms with Crippen molar-refractivity contribution < 1.29 is 4.79 Å². The van der Waals surface area contributed by atoms with Crippen molar-refractivity contribution in [3.63, 3.8) is 0 Å². The molecule has 1 fully saturated rings. The minimum absolute atomic E-state index is 0.0833. The van der Waals surface area contributed by atoms with Crippen molar-refractivity contribution in [2.24, 2.45) is 0 Å². The summed E-state index contributed by atoms with van der Waals surface area (Å²) >= 11 is 7.87. The van der Waals surface area contributed by atoms with Crippen molar-refractivity contribution in [1.82, 2.24) is 4.90 Å². The molecule has 1 atom stereocenters. The molecule has 1 unspecified atom stereocenters. The summed E-state index contributed by atoms with van der Waals surface area (Å²) in [5.74, 6) is 1.15. The van der Waals surface area contributed by atoms with Crippen LogP contribution < -0.4 is 0 Å². The highest BCUT2D eigenvalue weighted by Gasteiger charge is 2.30. The summed E-state index contributed by atoms with van der Waals surface area (Å²) < 4.78 is 0. The molecule has 0 N–H and O–H groups in total. The van der Waals surface area contributed by atoms with E-state index in [4.69, 9.17) is 11.6 Å². The maximum Gasteiger partial charge on any atom is 0.228 e. The molecule has 0 aliphatic carbocycles. The lowest BCUT2D eigenvalue weighted by atomic mass is 10.1. The fraction of sp³-hybridized carbons (Fsp3) is 0.235. The Hall–Kier alpha value is -1.45. The van der Waals surface area contributed by atoms with Gasteiger partial charge in [-0.25, -0.2) is 0 Å². The summed E-state index contributed by atoms with van der Waals surface area (Å²) in [6, 6.07) is 17.7. The second kappa shape index (κ2) is 6.54. The second-order valence-corrected chi connectivity index (χ2v) is 6.65. The first-order valence-electron chi connectivity index (χ1n) is 6.94. The topological polar surface area (TPSA) is 20.3 Å². The van der Waals surface area contributed by atoms with E-state index in [0.29, 0.717) is 6.42 Å². The molecule has 0 bridgehead atoms. The van der Waals surface area contributed by atoms with Gasteiger partial charge in [0.15, 0.2) is 0 Å². The Morgan fingerprint density at radius 1 is 1.19 bits per heavy atom. The highest BCUT2D eigenvalue weighted by molar-refractivity contribution is 7.99. The summed E-state index contributed by atoms with van der Waals surface area (Å²) in [5.41, 5.74) is 2.16. The van der Waals surface area contributed by atoms with Gasteiger partial charge in [-0.1, -0.05) is 54.1 Å². The Morgan fingerprint density at radius 3 is 2.76 bits per heavy atom. The summed E-state index contributed by atoms with van der Waals surface area (Å²) in [6.07, 6.45) is 0.457. The number of thioether (sulfide) groups is 1. The van der Waals surface area contributed by atoms with Gasteiger partial charge in [-0.2, -0.15) is 0 Å². The van der Waals surface area contributed by atoms with Crippen molar-refractivity contribution in [2.45, 2.75) is 11.8 Å². The predicted molar refractivity (Wildman–Crippen MR) is 88.5 cm³/mol. The third-order valence-corrected chi connectivity index (χ3v) is 5.04. The summed E-state index contributed by atoms with van der Waals surface area (Å²) in [4.78, 5) is 14.5. The molecule has 1 amide bonds. The Bertz CT molecular complexity index is 632. The molecule has 1 aliphatic rings. The number of hydrogen-bond donors (Lipinski definition) is 0. The van der Waals surface area contributed by atoms with Crippen LogP contribution in [0.15, 0.2) is 54.6 Å². The highest BCUT2D eigenvalue weighted by Crippen LogP contribution is 2.38. The van der Waals surface area contributed by atoms with Gasteiger partial charge >= 0.3 is 0 Å². The Kier molecular flexibility index (Phi) is 4.51. The van der Waals surface area contributed by atoms with Crippen molar-refractivity contribution in [1.29, 1.82) is 0 Å². The first kappa shape index (κ1) is 14.5. The molecule has 1 heterocycles. The molecule has 2 aromatic rings. The highest BCUT2D eigenvalue weighted by atomic mass is 35.5. The van der Waals surface area contributed by atoms with Gasteiger partial charge in [0.05, 0.1) is 6.42 Å². The van der Waals surface area contributed by atoms with Crippen LogP contribution in [0, 0.1) is 0 Å². The number of rotatable bonds is 3. The van der Waals surface area contributed by atoms with Gasteiger partial charge in [-0.15, -0.1) is 11.8 Å². The molecule has 108 valence electrons. The predicted octanol–water partition coefficient (Wildman–Crippen LogP) is 4.16. The minimum atomic E-state index is 0.0833. The Labute approximate surface area is 134 Å². The lowest BCUT2D eigenvalue weighted by molar-refractivity contribution is -0.130. The van der Waals surface area contributed by atoms with Crippen LogP contribution in [0.1, 0.15) is 16.5 Å². The number of carbonyl (C=O) groups is 1. The van der Waals surface area contributed by atoms with Crippen LogP contribution in [-0.4, -0.2) is 23.1 Å². The lowest BCUT2D eigenvalue weighted by Crippen LogP contribution is -2.31. The van der Waals surface area contributed by atoms with Gasteiger partial charge in [0.2, 0.25) is 5.91 Å². The molecule has 0 radical (unpaired) electrons. The monoisotopic (exact) mass is 317 g/mol. The van der Waals surface area contributed by atoms with E-state index in [9.17, 15) is 4.79 Å². The Morgan fingerprint density at radius 2 is 2.00 bits per heavy atom. The fourth-order valence-corrected chi connectivity index (χ4v) is 4.00. The molecule has 2 nitrogen and oxygen atoms in total. The number of benzene rings is 2. The molecule has 21 heavy (non-hydrogen) atoms. The van der Waals surface area contributed by atoms with Gasteiger partial charge in [0.25, 0.3) is 0 Å². The minimum Gasteiger partial charge on any atom is -0.325 e. The third kappa shape index (κ3) is 3.42. The number of carbonyl (C=O) groups excluding carboxylic acids is 1. The zero-order valence-corrected chi connectivity index (χ0v) is 13.1. The van der Waals surface area contributed by atoms with E-state index in [-0.39, 0.29) is 11.3 Å². The van der Waals surface area contributed by atoms with Gasteiger partial charge in [0, 0.05) is 17.3 Å². The molecule has 2 aromatic carbocycles. The van der Waals surface area contributed by atoms with Gasteiger partial charge < -0.3 is 4.90 Å².